The number of nitrogens with one attached hydrogen (secondary N) is 1. The lowest BCUT2D eigenvalue weighted by molar-refractivity contribution is 0.0696. The van der Waals surface area contributed by atoms with E-state index in [0.29, 0.717) is 12.5 Å². The Labute approximate surface area is 244 Å². The second kappa shape index (κ2) is 15.3. The molecule has 38 heavy (non-hydrogen) atoms. The van der Waals surface area contributed by atoms with E-state index in [1.165, 1.54) is 11.1 Å². The van der Waals surface area contributed by atoms with Gasteiger partial charge in [0.25, 0.3) is 0 Å². The van der Waals surface area contributed by atoms with Crippen LogP contribution in [0.15, 0.2) is 91.0 Å². The number of aryl methyl sites for hydroxylation is 1. The molecular formula is C30H37Cl3N4O. The van der Waals surface area contributed by atoms with E-state index in [4.69, 9.17) is 4.98 Å². The first kappa shape index (κ1) is 31.8. The van der Waals surface area contributed by atoms with E-state index >= 15 is 0 Å². The number of rotatable bonds is 8. The predicted molar refractivity (Wildman–Crippen MR) is 163 cm³/mol. The first-order valence-electron chi connectivity index (χ1n) is 12.5. The summed E-state index contributed by atoms with van der Waals surface area (Å²) in [6.45, 7) is 7.49. The number of halogens is 3. The van der Waals surface area contributed by atoms with Gasteiger partial charge >= 0.3 is 0 Å². The zero-order chi connectivity index (χ0) is 24.0. The second-order valence-corrected chi connectivity index (χ2v) is 9.45. The Kier molecular flexibility index (Phi) is 12.8. The van der Waals surface area contributed by atoms with Crippen molar-refractivity contribution in [2.24, 2.45) is 0 Å². The molecule has 1 unspecified atom stereocenters. The molecule has 1 aliphatic rings. The number of aliphatic hydroxyl groups is 1. The third-order valence-electron chi connectivity index (χ3n) is 7.03. The molecule has 5 rings (SSSR count). The summed E-state index contributed by atoms with van der Waals surface area (Å²) < 4.78 is 0. The molecule has 2 N–H and O–H groups in total. The van der Waals surface area contributed by atoms with Gasteiger partial charge in [-0.3, -0.25) is 9.80 Å². The van der Waals surface area contributed by atoms with E-state index in [-0.39, 0.29) is 37.2 Å². The monoisotopic (exact) mass is 574 g/mol. The first-order chi connectivity index (χ1) is 17.2. The van der Waals surface area contributed by atoms with Gasteiger partial charge in [0.05, 0.1) is 5.69 Å². The molecule has 4 aromatic rings. The average molecular weight is 576 g/mol. The molecule has 1 atom stereocenters. The molecule has 0 radical (unpaired) electrons. The smallest absolute Gasteiger partial charge is 0.137 e. The highest BCUT2D eigenvalue weighted by Crippen LogP contribution is 2.27. The Bertz CT molecular complexity index is 1160. The molecule has 0 spiro atoms. The maximum absolute atomic E-state index is 11.0. The van der Waals surface area contributed by atoms with E-state index in [0.717, 1.165) is 55.5 Å². The number of imidazole rings is 1. The molecule has 1 saturated heterocycles. The van der Waals surface area contributed by atoms with Crippen LogP contribution in [0.3, 0.4) is 0 Å². The maximum Gasteiger partial charge on any atom is 0.137 e. The van der Waals surface area contributed by atoms with Gasteiger partial charge in [0.1, 0.15) is 11.9 Å². The van der Waals surface area contributed by atoms with Crippen molar-refractivity contribution >= 4 is 37.2 Å². The fourth-order valence-corrected chi connectivity index (χ4v) is 5.05. The summed E-state index contributed by atoms with van der Waals surface area (Å²) in [5.41, 5.74) is 5.44. The molecule has 0 amide bonds. The molecule has 1 fully saturated rings. The number of hydrogen-bond acceptors (Lipinski definition) is 4. The van der Waals surface area contributed by atoms with Crippen molar-refractivity contribution in [3.8, 4) is 11.4 Å². The van der Waals surface area contributed by atoms with E-state index < -0.39 is 6.10 Å². The van der Waals surface area contributed by atoms with Gasteiger partial charge in [-0.05, 0) is 18.1 Å². The van der Waals surface area contributed by atoms with Crippen molar-refractivity contribution in [3.05, 3.63) is 114 Å². The molecule has 8 heteroatoms. The van der Waals surface area contributed by atoms with Crippen LogP contribution in [0, 0.1) is 6.92 Å². The number of piperazine rings is 1. The van der Waals surface area contributed by atoms with Gasteiger partial charge in [0.15, 0.2) is 0 Å². The first-order valence-corrected chi connectivity index (χ1v) is 12.5. The van der Waals surface area contributed by atoms with E-state index in [2.05, 4.69) is 75.4 Å². The van der Waals surface area contributed by atoms with Gasteiger partial charge in [-0.1, -0.05) is 91.0 Å². The number of hydrogen-bond donors (Lipinski definition) is 2. The summed E-state index contributed by atoms with van der Waals surface area (Å²) in [4.78, 5) is 13.0. The number of aliphatic hydroxyl groups excluding tert-OH is 1. The van der Waals surface area contributed by atoms with E-state index in [1.54, 1.807) is 0 Å². The normalized spacial score (nSPS) is 14.7. The molecule has 5 nitrogen and oxygen atoms in total. The highest BCUT2D eigenvalue weighted by molar-refractivity contribution is 5.86. The lowest BCUT2D eigenvalue weighted by atomic mass is 9.90. The topological polar surface area (TPSA) is 55.4 Å². The Morgan fingerprint density at radius 3 is 1.66 bits per heavy atom. The van der Waals surface area contributed by atoms with Crippen molar-refractivity contribution in [2.45, 2.75) is 18.9 Å². The van der Waals surface area contributed by atoms with Crippen LogP contribution in [0.2, 0.25) is 0 Å². The number of aromatic amines is 1. The predicted octanol–water partition coefficient (Wildman–Crippen LogP) is 6.13. The van der Waals surface area contributed by atoms with Gasteiger partial charge in [-0.15, -0.1) is 37.2 Å². The average Bonchev–Trinajstić information content (AvgIpc) is 3.31. The summed E-state index contributed by atoms with van der Waals surface area (Å²) in [6, 6.07) is 31.7. The minimum Gasteiger partial charge on any atom is -0.385 e. The van der Waals surface area contributed by atoms with E-state index in [1.807, 2.05) is 37.3 Å². The number of benzene rings is 3. The SMILES string of the molecule is Cc1[nH]c(-c2ccccc2)nc1C(O)CN1CCN(CC(c2ccccc2)c2ccccc2)CC1.Cl.Cl.Cl. The van der Waals surface area contributed by atoms with Crippen molar-refractivity contribution in [1.29, 1.82) is 0 Å². The number of nitrogens with zero attached hydrogens (tertiary/aromatic N) is 3. The largest absolute Gasteiger partial charge is 0.385 e. The van der Waals surface area contributed by atoms with Gasteiger partial charge in [-0.2, -0.15) is 0 Å². The highest BCUT2D eigenvalue weighted by Gasteiger charge is 2.25. The molecule has 0 saturated carbocycles. The van der Waals surface area contributed by atoms with Crippen LogP contribution in [0.25, 0.3) is 11.4 Å². The van der Waals surface area contributed by atoms with Crippen molar-refractivity contribution in [3.63, 3.8) is 0 Å². The lowest BCUT2D eigenvalue weighted by Crippen LogP contribution is -2.48. The number of β-amino-alcohol motifs (C(OH)–C–C–N with tert-alkyl or cyclic N) is 1. The molecule has 0 bridgehead atoms. The van der Waals surface area contributed by atoms with Gasteiger partial charge in [0, 0.05) is 56.4 Å². The minimum absolute atomic E-state index is 0. The third-order valence-corrected chi connectivity index (χ3v) is 7.03. The van der Waals surface area contributed by atoms with Crippen LogP contribution < -0.4 is 0 Å². The Balaban J connectivity index is 0.00000169. The molecule has 1 aliphatic heterocycles. The fourth-order valence-electron chi connectivity index (χ4n) is 5.05. The second-order valence-electron chi connectivity index (χ2n) is 9.45. The molecule has 1 aromatic heterocycles. The Morgan fingerprint density at radius 2 is 1.16 bits per heavy atom. The van der Waals surface area contributed by atoms with Gasteiger partial charge in [0.2, 0.25) is 0 Å². The van der Waals surface area contributed by atoms with Gasteiger partial charge < -0.3 is 10.1 Å². The van der Waals surface area contributed by atoms with Crippen molar-refractivity contribution < 1.29 is 5.11 Å². The zero-order valence-corrected chi connectivity index (χ0v) is 24.0. The minimum atomic E-state index is -0.600. The molecular weight excluding hydrogens is 539 g/mol. The summed E-state index contributed by atoms with van der Waals surface area (Å²) in [6.07, 6.45) is -0.600. The molecule has 0 aliphatic carbocycles. The highest BCUT2D eigenvalue weighted by atomic mass is 35.5. The summed E-state index contributed by atoms with van der Waals surface area (Å²) in [5.74, 6) is 1.17. The molecule has 204 valence electrons. The van der Waals surface area contributed by atoms with Crippen LogP contribution >= 0.6 is 37.2 Å². The third kappa shape index (κ3) is 7.82. The standard InChI is InChI=1S/C30H34N4O.3ClH/c1-23-29(32-30(31-23)26-15-9-4-10-16-26)28(35)22-34-19-17-33(18-20-34)21-27(24-11-5-2-6-12-24)25-13-7-3-8-14-25;;;/h2-16,27-28,35H,17-22H2,1H3,(H,31,32);3*1H. The lowest BCUT2D eigenvalue weighted by Gasteiger charge is -2.37. The van der Waals surface area contributed by atoms with Crippen LogP contribution in [-0.2, 0) is 0 Å². The van der Waals surface area contributed by atoms with Crippen molar-refractivity contribution in [1.82, 2.24) is 19.8 Å². The van der Waals surface area contributed by atoms with E-state index in [9.17, 15) is 5.11 Å². The van der Waals surface area contributed by atoms with Crippen LogP contribution in [0.4, 0.5) is 0 Å². The van der Waals surface area contributed by atoms with Crippen LogP contribution in [0.1, 0.15) is 34.5 Å². The maximum atomic E-state index is 11.0. The fraction of sp³-hybridized carbons (Fsp3) is 0.300. The molecule has 3 aromatic carbocycles. The Morgan fingerprint density at radius 1 is 0.711 bits per heavy atom. The van der Waals surface area contributed by atoms with Crippen LogP contribution in [0.5, 0.6) is 0 Å². The number of aromatic nitrogens is 2. The zero-order valence-electron chi connectivity index (χ0n) is 21.6. The quantitative estimate of drug-likeness (QED) is 0.265. The Hall–Kier alpha value is -2.38. The van der Waals surface area contributed by atoms with Crippen molar-refractivity contribution in [2.75, 3.05) is 39.3 Å². The number of H-pyrrole nitrogens is 1. The summed E-state index contributed by atoms with van der Waals surface area (Å²) >= 11 is 0. The summed E-state index contributed by atoms with van der Waals surface area (Å²) in [5, 5.41) is 11.0. The van der Waals surface area contributed by atoms with Gasteiger partial charge in [-0.25, -0.2) is 4.98 Å². The summed E-state index contributed by atoms with van der Waals surface area (Å²) in [7, 11) is 0. The van der Waals surface area contributed by atoms with Crippen LogP contribution in [-0.4, -0.2) is 64.1 Å². The molecule has 2 heterocycles.